The first kappa shape index (κ1) is 16.5. The topological polar surface area (TPSA) is 21.1 Å². The highest BCUT2D eigenvalue weighted by Gasteiger charge is 2.35. The third-order valence-corrected chi connectivity index (χ3v) is 11.7. The molecule has 0 fully saturated rings. The predicted octanol–water partition coefficient (Wildman–Crippen LogP) is 4.40. The molecule has 0 aliphatic rings. The van der Waals surface area contributed by atoms with E-state index < -0.39 is 16.5 Å². The van der Waals surface area contributed by atoms with Crippen molar-refractivity contribution in [3.63, 3.8) is 0 Å². The largest absolute Gasteiger partial charge is 0.395 e. The summed E-state index contributed by atoms with van der Waals surface area (Å²) in [5, 5.41) is 4.63. The van der Waals surface area contributed by atoms with E-state index in [9.17, 15) is 0 Å². The molecule has 0 N–H and O–H groups in total. The number of hydrogen-bond acceptors (Lipinski definition) is 2. The van der Waals surface area contributed by atoms with Crippen molar-refractivity contribution >= 4 is 22.2 Å². The first-order valence-electron chi connectivity index (χ1n) is 7.67. The first-order valence-corrected chi connectivity index (χ1v) is 13.7. The van der Waals surface area contributed by atoms with E-state index in [2.05, 4.69) is 73.7 Å². The molecule has 0 aromatic carbocycles. The lowest BCUT2D eigenvalue weighted by Crippen LogP contribution is -2.52. The van der Waals surface area contributed by atoms with Gasteiger partial charge in [-0.05, 0) is 44.7 Å². The first-order chi connectivity index (χ1) is 8.84. The van der Waals surface area contributed by atoms with Crippen molar-refractivity contribution in [3.8, 4) is 0 Å². The van der Waals surface area contributed by atoms with Crippen molar-refractivity contribution in [1.29, 1.82) is 0 Å². The third kappa shape index (κ3) is 3.31. The molecule has 3 nitrogen and oxygen atoms in total. The summed E-state index contributed by atoms with van der Waals surface area (Å²) >= 11 is 0. The smallest absolute Gasteiger partial charge is 0.176 e. The van der Waals surface area contributed by atoms with Crippen LogP contribution >= 0.6 is 0 Å². The number of rotatable bonds is 7. The molecule has 0 aliphatic heterocycles. The van der Waals surface area contributed by atoms with Crippen LogP contribution in [0.25, 0.3) is 0 Å². The van der Waals surface area contributed by atoms with E-state index in [1.54, 1.807) is 0 Å². The molecule has 1 heterocycles. The number of hydrogen-bond donors (Lipinski definition) is 0. The Bertz CT molecular complexity index is 383. The van der Waals surface area contributed by atoms with Gasteiger partial charge in [0.15, 0.2) is 16.5 Å². The fraction of sp³-hybridized carbons (Fsp3) is 0.786. The fourth-order valence-corrected chi connectivity index (χ4v) is 7.84. The van der Waals surface area contributed by atoms with E-state index in [0.717, 1.165) is 6.54 Å². The van der Waals surface area contributed by atoms with Crippen molar-refractivity contribution in [1.82, 2.24) is 9.45 Å². The fourth-order valence-electron chi connectivity index (χ4n) is 2.93. The summed E-state index contributed by atoms with van der Waals surface area (Å²) < 4.78 is 4.92. The van der Waals surface area contributed by atoms with E-state index >= 15 is 0 Å². The lowest BCUT2D eigenvalue weighted by molar-refractivity contribution is 0.933. The zero-order valence-electron chi connectivity index (χ0n) is 13.8. The van der Waals surface area contributed by atoms with Crippen LogP contribution in [0.3, 0.4) is 0 Å². The molecule has 0 amide bonds. The normalized spacial score (nSPS) is 12.8. The summed E-state index contributed by atoms with van der Waals surface area (Å²) in [7, 11) is -2.70. The monoisotopic (exact) mass is 297 g/mol. The van der Waals surface area contributed by atoms with Crippen molar-refractivity contribution in [2.75, 3.05) is 11.1 Å². The molecule has 0 saturated carbocycles. The van der Waals surface area contributed by atoms with Crippen LogP contribution in [0.1, 0.15) is 27.7 Å². The minimum atomic E-state index is -1.37. The van der Waals surface area contributed by atoms with Gasteiger partial charge in [0.25, 0.3) is 0 Å². The number of nitrogens with zero attached hydrogens (tertiary/aromatic N) is 3. The molecule has 19 heavy (non-hydrogen) atoms. The molecule has 0 spiro atoms. The van der Waals surface area contributed by atoms with Crippen LogP contribution < -0.4 is 4.57 Å². The van der Waals surface area contributed by atoms with Gasteiger partial charge in [-0.25, -0.2) is 0 Å². The summed E-state index contributed by atoms with van der Waals surface area (Å²) in [6.07, 6.45) is 4.38. The second-order valence-electron chi connectivity index (χ2n) is 6.34. The molecule has 5 heteroatoms. The SMILES string of the molecule is CCN(c1cnn([Si](C)(C)C)c1)[Si](CC)(CC)CC. The summed E-state index contributed by atoms with van der Waals surface area (Å²) in [5.41, 5.74) is 1.35. The Kier molecular flexibility index (Phi) is 5.44. The average Bonchev–Trinajstić information content (AvgIpc) is 2.85. The predicted molar refractivity (Wildman–Crippen MR) is 91.2 cm³/mol. The minimum Gasteiger partial charge on any atom is -0.395 e. The highest BCUT2D eigenvalue weighted by molar-refractivity contribution is 6.83. The molecule has 0 bridgehead atoms. The molecule has 110 valence electrons. The molecule has 0 unspecified atom stereocenters. The Morgan fingerprint density at radius 2 is 1.58 bits per heavy atom. The van der Waals surface area contributed by atoms with Gasteiger partial charge in [0.2, 0.25) is 0 Å². The highest BCUT2D eigenvalue weighted by atomic mass is 28.3. The molecule has 1 rings (SSSR count). The second-order valence-corrected chi connectivity index (χ2v) is 16.3. The molecule has 0 atom stereocenters. The Hall–Kier alpha value is -0.556. The average molecular weight is 298 g/mol. The van der Waals surface area contributed by atoms with Gasteiger partial charge in [-0.2, -0.15) is 5.10 Å². The van der Waals surface area contributed by atoms with Gasteiger partial charge in [-0.1, -0.05) is 20.8 Å². The van der Waals surface area contributed by atoms with Crippen LogP contribution in [0, 0.1) is 0 Å². The van der Waals surface area contributed by atoms with Gasteiger partial charge in [-0.3, -0.25) is 4.35 Å². The molecular formula is C14H31N3Si2. The second kappa shape index (κ2) is 6.26. The van der Waals surface area contributed by atoms with Gasteiger partial charge in [0, 0.05) is 12.7 Å². The van der Waals surface area contributed by atoms with Gasteiger partial charge >= 0.3 is 0 Å². The van der Waals surface area contributed by atoms with Crippen LogP contribution in [0.2, 0.25) is 37.8 Å². The number of anilines is 1. The third-order valence-electron chi connectivity index (χ3n) is 4.43. The lowest BCUT2D eigenvalue weighted by Gasteiger charge is -2.41. The van der Waals surface area contributed by atoms with Gasteiger partial charge in [-0.15, -0.1) is 0 Å². The van der Waals surface area contributed by atoms with Crippen LogP contribution in [0.15, 0.2) is 12.4 Å². The van der Waals surface area contributed by atoms with Crippen LogP contribution in [-0.2, 0) is 0 Å². The molecule has 1 aromatic rings. The molecule has 0 radical (unpaired) electrons. The van der Waals surface area contributed by atoms with Crippen LogP contribution in [0.4, 0.5) is 5.69 Å². The van der Waals surface area contributed by atoms with Gasteiger partial charge < -0.3 is 4.57 Å². The van der Waals surface area contributed by atoms with Crippen molar-refractivity contribution < 1.29 is 0 Å². The Morgan fingerprint density at radius 1 is 1.05 bits per heavy atom. The Balaban J connectivity index is 3.13. The molecule has 0 saturated heterocycles. The standard InChI is InChI=1S/C14H31N3Si2/c1-8-16(19(9-2,10-3)11-4)14-12-15-17(13-14)18(5,6)7/h12-13H,8-11H2,1-7H3. The zero-order valence-corrected chi connectivity index (χ0v) is 15.8. The van der Waals surface area contributed by atoms with Crippen molar-refractivity contribution in [2.24, 2.45) is 0 Å². The maximum Gasteiger partial charge on any atom is 0.176 e. The molecular weight excluding hydrogens is 266 g/mol. The highest BCUT2D eigenvalue weighted by Crippen LogP contribution is 2.30. The molecule has 0 aliphatic carbocycles. The van der Waals surface area contributed by atoms with Crippen molar-refractivity contribution in [3.05, 3.63) is 12.4 Å². The maximum absolute atomic E-state index is 4.63. The van der Waals surface area contributed by atoms with E-state index in [4.69, 9.17) is 0 Å². The maximum atomic E-state index is 4.63. The van der Waals surface area contributed by atoms with Gasteiger partial charge in [0.1, 0.15) is 0 Å². The number of aromatic nitrogens is 2. The van der Waals surface area contributed by atoms with Crippen LogP contribution in [0.5, 0.6) is 0 Å². The Labute approximate surface area is 121 Å². The zero-order chi connectivity index (χ0) is 14.7. The molecule has 1 aromatic heterocycles. The summed E-state index contributed by atoms with van der Waals surface area (Å²) in [6.45, 7) is 17.5. The van der Waals surface area contributed by atoms with Crippen LogP contribution in [-0.4, -0.2) is 32.5 Å². The van der Waals surface area contributed by atoms with E-state index in [0.29, 0.717) is 0 Å². The lowest BCUT2D eigenvalue weighted by atomic mass is 10.5. The summed E-state index contributed by atoms with van der Waals surface area (Å²) in [5.74, 6) is 0. The van der Waals surface area contributed by atoms with Crippen molar-refractivity contribution in [2.45, 2.75) is 65.5 Å². The quantitative estimate of drug-likeness (QED) is 0.696. The van der Waals surface area contributed by atoms with E-state index in [1.807, 2.05) is 0 Å². The van der Waals surface area contributed by atoms with E-state index in [1.165, 1.54) is 23.8 Å². The summed E-state index contributed by atoms with van der Waals surface area (Å²) in [4.78, 5) is 0. The van der Waals surface area contributed by atoms with E-state index in [-0.39, 0.29) is 0 Å². The minimum absolute atomic E-state index is 1.11. The summed E-state index contributed by atoms with van der Waals surface area (Å²) in [6, 6.07) is 3.98. The van der Waals surface area contributed by atoms with Gasteiger partial charge in [0.05, 0.1) is 11.9 Å². The Morgan fingerprint density at radius 3 is 1.89 bits per heavy atom.